The van der Waals surface area contributed by atoms with Crippen LogP contribution in [-0.2, 0) is 4.79 Å². The third-order valence-corrected chi connectivity index (χ3v) is 2.92. The zero-order valence-corrected chi connectivity index (χ0v) is 10.9. The van der Waals surface area contributed by atoms with Crippen molar-refractivity contribution in [1.29, 1.82) is 0 Å². The predicted molar refractivity (Wildman–Crippen MR) is 67.5 cm³/mol. The van der Waals surface area contributed by atoms with Crippen molar-refractivity contribution in [3.63, 3.8) is 0 Å². The highest BCUT2D eigenvalue weighted by molar-refractivity contribution is 5.93. The minimum atomic E-state index is -1.28. The van der Waals surface area contributed by atoms with Gasteiger partial charge < -0.3 is 15.3 Å². The monoisotopic (exact) mass is 251 g/mol. The molecule has 0 aliphatic rings. The summed E-state index contributed by atoms with van der Waals surface area (Å²) in [5.74, 6) is -1.07. The van der Waals surface area contributed by atoms with Crippen LogP contribution in [-0.4, -0.2) is 39.6 Å². The Balaban J connectivity index is 2.84. The van der Waals surface area contributed by atoms with Crippen molar-refractivity contribution in [2.45, 2.75) is 26.3 Å². The fourth-order valence-electron chi connectivity index (χ4n) is 1.21. The number of nitrogens with zero attached hydrogens (tertiary/aromatic N) is 2. The Morgan fingerprint density at radius 2 is 2.06 bits per heavy atom. The highest BCUT2D eigenvalue weighted by atomic mass is 16.4. The number of hydrogen-bond acceptors (Lipinski definition) is 3. The molecule has 1 heterocycles. The number of urea groups is 1. The molecule has 1 rings (SSSR count). The summed E-state index contributed by atoms with van der Waals surface area (Å²) < 4.78 is 0. The number of pyridine rings is 1. The second-order valence-corrected chi connectivity index (χ2v) is 4.49. The second-order valence-electron chi connectivity index (χ2n) is 4.49. The summed E-state index contributed by atoms with van der Waals surface area (Å²) in [5, 5.41) is 11.7. The standard InChI is InChI=1S/C12H17N3O3/c1-8-9(6-5-7-13-8)14-11(18)15(4)12(2,3)10(16)17/h5-7H,1-4H3,(H,14,18)(H,16,17). The predicted octanol–water partition coefficient (Wildman–Crippen LogP) is 1.72. The Kier molecular flexibility index (Phi) is 3.90. The third-order valence-electron chi connectivity index (χ3n) is 2.92. The van der Waals surface area contributed by atoms with Crippen LogP contribution in [0.5, 0.6) is 0 Å². The number of anilines is 1. The number of aliphatic carboxylic acids is 1. The molecule has 0 aliphatic heterocycles. The number of nitrogens with one attached hydrogen (secondary N) is 1. The summed E-state index contributed by atoms with van der Waals surface area (Å²) >= 11 is 0. The van der Waals surface area contributed by atoms with Crippen LogP contribution >= 0.6 is 0 Å². The van der Waals surface area contributed by atoms with Gasteiger partial charge in [0.2, 0.25) is 0 Å². The Hall–Kier alpha value is -2.11. The van der Waals surface area contributed by atoms with Crippen LogP contribution in [0.25, 0.3) is 0 Å². The molecule has 6 nitrogen and oxygen atoms in total. The van der Waals surface area contributed by atoms with Gasteiger partial charge in [0.1, 0.15) is 5.54 Å². The molecule has 0 atom stereocenters. The molecular weight excluding hydrogens is 234 g/mol. The van der Waals surface area contributed by atoms with Crippen molar-refractivity contribution in [2.24, 2.45) is 0 Å². The number of likely N-dealkylation sites (N-methyl/N-ethyl adjacent to an activating group) is 1. The van der Waals surface area contributed by atoms with Gasteiger partial charge in [0, 0.05) is 13.2 Å². The van der Waals surface area contributed by atoms with E-state index >= 15 is 0 Å². The minimum absolute atomic E-state index is 0.487. The van der Waals surface area contributed by atoms with Gasteiger partial charge in [-0.15, -0.1) is 0 Å². The molecule has 1 aromatic rings. The van der Waals surface area contributed by atoms with Crippen LogP contribution in [0, 0.1) is 6.92 Å². The van der Waals surface area contributed by atoms with E-state index in [0.717, 1.165) is 4.90 Å². The van der Waals surface area contributed by atoms with E-state index in [1.165, 1.54) is 20.9 Å². The fourth-order valence-corrected chi connectivity index (χ4v) is 1.21. The normalized spacial score (nSPS) is 10.9. The average Bonchev–Trinajstić information content (AvgIpc) is 2.30. The van der Waals surface area contributed by atoms with Gasteiger partial charge in [0.05, 0.1) is 11.4 Å². The molecule has 0 fully saturated rings. The minimum Gasteiger partial charge on any atom is -0.480 e. The first-order valence-electron chi connectivity index (χ1n) is 5.46. The topological polar surface area (TPSA) is 82.5 Å². The molecule has 98 valence electrons. The number of amides is 2. The first-order valence-corrected chi connectivity index (χ1v) is 5.46. The van der Waals surface area contributed by atoms with Crippen molar-refractivity contribution in [2.75, 3.05) is 12.4 Å². The van der Waals surface area contributed by atoms with Crippen molar-refractivity contribution in [3.05, 3.63) is 24.0 Å². The average molecular weight is 251 g/mol. The molecule has 0 radical (unpaired) electrons. The third kappa shape index (κ3) is 2.77. The van der Waals surface area contributed by atoms with Gasteiger partial charge >= 0.3 is 12.0 Å². The first-order chi connectivity index (χ1) is 8.26. The van der Waals surface area contributed by atoms with Gasteiger partial charge in [-0.25, -0.2) is 9.59 Å². The van der Waals surface area contributed by atoms with Crippen LogP contribution in [0.2, 0.25) is 0 Å². The lowest BCUT2D eigenvalue weighted by Crippen LogP contribution is -2.52. The number of aryl methyl sites for hydroxylation is 1. The van der Waals surface area contributed by atoms with Crippen molar-refractivity contribution in [1.82, 2.24) is 9.88 Å². The number of rotatable bonds is 3. The molecule has 2 amide bonds. The van der Waals surface area contributed by atoms with Crippen LogP contribution in [0.3, 0.4) is 0 Å². The molecule has 0 saturated heterocycles. The van der Waals surface area contributed by atoms with Gasteiger partial charge in [0.15, 0.2) is 0 Å². The van der Waals surface area contributed by atoms with Gasteiger partial charge in [-0.05, 0) is 32.9 Å². The summed E-state index contributed by atoms with van der Waals surface area (Å²) in [6.07, 6.45) is 1.62. The summed E-state index contributed by atoms with van der Waals surface area (Å²) in [5.41, 5.74) is -0.0388. The Bertz CT molecular complexity index is 471. The van der Waals surface area contributed by atoms with Gasteiger partial charge in [-0.1, -0.05) is 0 Å². The Morgan fingerprint density at radius 1 is 1.44 bits per heavy atom. The second kappa shape index (κ2) is 5.03. The number of aromatic nitrogens is 1. The van der Waals surface area contributed by atoms with Crippen LogP contribution in [0.15, 0.2) is 18.3 Å². The van der Waals surface area contributed by atoms with Crippen molar-refractivity contribution < 1.29 is 14.7 Å². The molecule has 2 N–H and O–H groups in total. The maximum Gasteiger partial charge on any atom is 0.329 e. The van der Waals surface area contributed by atoms with E-state index in [2.05, 4.69) is 10.3 Å². The zero-order chi connectivity index (χ0) is 13.9. The maximum absolute atomic E-state index is 11.9. The highest BCUT2D eigenvalue weighted by Crippen LogP contribution is 2.16. The molecule has 0 spiro atoms. The van der Waals surface area contributed by atoms with E-state index in [9.17, 15) is 9.59 Å². The fraction of sp³-hybridized carbons (Fsp3) is 0.417. The molecule has 6 heteroatoms. The number of carboxylic acids is 1. The molecule has 18 heavy (non-hydrogen) atoms. The van der Waals surface area contributed by atoms with Crippen LogP contribution < -0.4 is 5.32 Å². The van der Waals surface area contributed by atoms with E-state index in [4.69, 9.17) is 5.11 Å². The summed E-state index contributed by atoms with van der Waals surface area (Å²) in [6.45, 7) is 4.69. The number of carbonyl (C=O) groups excluding carboxylic acids is 1. The number of carboxylic acid groups (broad SMARTS) is 1. The summed E-state index contributed by atoms with van der Waals surface area (Å²) in [6, 6.07) is 2.92. The summed E-state index contributed by atoms with van der Waals surface area (Å²) in [7, 11) is 1.44. The van der Waals surface area contributed by atoms with E-state index < -0.39 is 17.5 Å². The Morgan fingerprint density at radius 3 is 2.56 bits per heavy atom. The van der Waals surface area contributed by atoms with E-state index in [1.54, 1.807) is 25.3 Å². The number of hydrogen-bond donors (Lipinski definition) is 2. The lowest BCUT2D eigenvalue weighted by Gasteiger charge is -2.31. The molecule has 0 unspecified atom stereocenters. The molecular formula is C12H17N3O3. The molecule has 1 aromatic heterocycles. The molecule has 0 bridgehead atoms. The van der Waals surface area contributed by atoms with Gasteiger partial charge in [-0.2, -0.15) is 0 Å². The lowest BCUT2D eigenvalue weighted by molar-refractivity contribution is -0.146. The zero-order valence-electron chi connectivity index (χ0n) is 10.9. The lowest BCUT2D eigenvalue weighted by atomic mass is 10.1. The van der Waals surface area contributed by atoms with E-state index in [0.29, 0.717) is 11.4 Å². The largest absolute Gasteiger partial charge is 0.480 e. The molecule has 0 saturated carbocycles. The van der Waals surface area contributed by atoms with E-state index in [-0.39, 0.29) is 0 Å². The van der Waals surface area contributed by atoms with Gasteiger partial charge in [-0.3, -0.25) is 4.98 Å². The van der Waals surface area contributed by atoms with Crippen molar-refractivity contribution in [3.8, 4) is 0 Å². The highest BCUT2D eigenvalue weighted by Gasteiger charge is 2.35. The molecule has 0 aromatic carbocycles. The quantitative estimate of drug-likeness (QED) is 0.856. The maximum atomic E-state index is 11.9. The van der Waals surface area contributed by atoms with Gasteiger partial charge in [0.25, 0.3) is 0 Å². The smallest absolute Gasteiger partial charge is 0.329 e. The van der Waals surface area contributed by atoms with Crippen LogP contribution in [0.4, 0.5) is 10.5 Å². The SMILES string of the molecule is Cc1ncccc1NC(=O)N(C)C(C)(C)C(=O)O. The Labute approximate surface area is 106 Å². The van der Waals surface area contributed by atoms with Crippen LogP contribution in [0.1, 0.15) is 19.5 Å². The van der Waals surface area contributed by atoms with Crippen molar-refractivity contribution >= 4 is 17.7 Å². The van der Waals surface area contributed by atoms with E-state index in [1.807, 2.05) is 0 Å². The summed E-state index contributed by atoms with van der Waals surface area (Å²) in [4.78, 5) is 28.2. The first kappa shape index (κ1) is 14.0. The number of carbonyl (C=O) groups is 2. The molecule has 0 aliphatic carbocycles.